The number of guanidine groups is 1. The van der Waals surface area contributed by atoms with Crippen LogP contribution in [0.15, 0.2) is 4.99 Å². The molecule has 0 saturated carbocycles. The molecular weight excluding hydrogens is 395 g/mol. The van der Waals surface area contributed by atoms with E-state index >= 15 is 0 Å². The van der Waals surface area contributed by atoms with E-state index in [0.29, 0.717) is 12.5 Å². The third-order valence-corrected chi connectivity index (χ3v) is 3.12. The first-order chi connectivity index (χ1) is 10.2. The maximum absolute atomic E-state index is 5.56. The van der Waals surface area contributed by atoms with E-state index in [1.807, 2.05) is 0 Å². The fourth-order valence-electron chi connectivity index (χ4n) is 2.03. The van der Waals surface area contributed by atoms with Gasteiger partial charge in [0.2, 0.25) is 0 Å². The third-order valence-electron chi connectivity index (χ3n) is 3.12. The summed E-state index contributed by atoms with van der Waals surface area (Å²) in [4.78, 5) is 6.99. The molecule has 0 unspecified atom stereocenters. The number of nitrogens with zero attached hydrogens (tertiary/aromatic N) is 2. The molecule has 0 radical (unpaired) electrons. The van der Waals surface area contributed by atoms with Crippen molar-refractivity contribution < 1.29 is 9.47 Å². The molecule has 1 aliphatic rings. The summed E-state index contributed by atoms with van der Waals surface area (Å²) in [6.45, 7) is 15.1. The van der Waals surface area contributed by atoms with Gasteiger partial charge >= 0.3 is 0 Å². The summed E-state index contributed by atoms with van der Waals surface area (Å²) in [6.07, 6.45) is 0. The Hall–Kier alpha value is -0.120. The molecule has 0 aliphatic carbocycles. The van der Waals surface area contributed by atoms with Crippen molar-refractivity contribution in [1.82, 2.24) is 15.5 Å². The Morgan fingerprint density at radius 3 is 2.64 bits per heavy atom. The van der Waals surface area contributed by atoms with Gasteiger partial charge in [-0.15, -0.1) is 24.0 Å². The quantitative estimate of drug-likeness (QED) is 0.250. The van der Waals surface area contributed by atoms with Gasteiger partial charge in [-0.2, -0.15) is 0 Å². The van der Waals surface area contributed by atoms with Crippen LogP contribution in [0.5, 0.6) is 0 Å². The van der Waals surface area contributed by atoms with Crippen molar-refractivity contribution in [3.05, 3.63) is 0 Å². The number of aliphatic imine (C=N–C) groups is 1. The molecule has 132 valence electrons. The Labute approximate surface area is 152 Å². The van der Waals surface area contributed by atoms with E-state index in [4.69, 9.17) is 9.47 Å². The Morgan fingerprint density at radius 1 is 1.27 bits per heavy atom. The minimum absolute atomic E-state index is 0. The first-order valence-electron chi connectivity index (χ1n) is 8.12. The van der Waals surface area contributed by atoms with Gasteiger partial charge in [0.25, 0.3) is 0 Å². The van der Waals surface area contributed by atoms with E-state index in [2.05, 4.69) is 41.3 Å². The first-order valence-corrected chi connectivity index (χ1v) is 8.12. The molecule has 0 aromatic carbocycles. The lowest BCUT2D eigenvalue weighted by molar-refractivity contribution is 0.0394. The van der Waals surface area contributed by atoms with Crippen molar-refractivity contribution >= 4 is 29.9 Å². The van der Waals surface area contributed by atoms with Crippen LogP contribution in [0.25, 0.3) is 0 Å². The van der Waals surface area contributed by atoms with Crippen LogP contribution >= 0.6 is 24.0 Å². The van der Waals surface area contributed by atoms with Crippen molar-refractivity contribution in [2.45, 2.75) is 20.8 Å². The smallest absolute Gasteiger partial charge is 0.191 e. The van der Waals surface area contributed by atoms with E-state index in [-0.39, 0.29) is 24.0 Å². The molecule has 0 aromatic rings. The Morgan fingerprint density at radius 2 is 2.00 bits per heavy atom. The van der Waals surface area contributed by atoms with Crippen LogP contribution < -0.4 is 10.6 Å². The number of hydrogen-bond acceptors (Lipinski definition) is 4. The molecule has 0 spiro atoms. The van der Waals surface area contributed by atoms with E-state index in [9.17, 15) is 0 Å². The first kappa shape index (κ1) is 21.9. The highest BCUT2D eigenvalue weighted by Crippen LogP contribution is 1.95. The second-order valence-electron chi connectivity index (χ2n) is 5.61. The molecule has 1 saturated heterocycles. The monoisotopic (exact) mass is 428 g/mol. The standard InChI is InChI=1S/C15H32N4O2.HI/c1-4-16-15(18-6-10-21-13-14(2)3)17-5-7-19-8-11-20-12-9-19;/h14H,4-13H2,1-3H3,(H2,16,17,18);1H. The lowest BCUT2D eigenvalue weighted by Crippen LogP contribution is -2.41. The van der Waals surface area contributed by atoms with Crippen molar-refractivity contribution in [1.29, 1.82) is 0 Å². The van der Waals surface area contributed by atoms with Gasteiger partial charge in [-0.1, -0.05) is 13.8 Å². The third kappa shape index (κ3) is 11.4. The molecule has 7 heteroatoms. The maximum Gasteiger partial charge on any atom is 0.191 e. The second-order valence-corrected chi connectivity index (χ2v) is 5.61. The molecule has 0 atom stereocenters. The van der Waals surface area contributed by atoms with E-state index < -0.39 is 0 Å². The Bertz CT molecular complexity index is 285. The van der Waals surface area contributed by atoms with Crippen LogP contribution in [-0.4, -0.2) is 76.6 Å². The van der Waals surface area contributed by atoms with Crippen LogP contribution in [0.1, 0.15) is 20.8 Å². The number of rotatable bonds is 9. The lowest BCUT2D eigenvalue weighted by atomic mass is 10.2. The summed E-state index contributed by atoms with van der Waals surface area (Å²) in [5.41, 5.74) is 0. The minimum atomic E-state index is 0. The molecule has 1 fully saturated rings. The molecule has 1 heterocycles. The predicted molar refractivity (Wildman–Crippen MR) is 102 cm³/mol. The van der Waals surface area contributed by atoms with E-state index in [0.717, 1.165) is 65.0 Å². The minimum Gasteiger partial charge on any atom is -0.379 e. The molecular formula is C15H33IN4O2. The lowest BCUT2D eigenvalue weighted by Gasteiger charge is -2.25. The maximum atomic E-state index is 5.56. The molecule has 1 aliphatic heterocycles. The molecule has 0 aromatic heterocycles. The Balaban J connectivity index is 0.00000441. The zero-order valence-electron chi connectivity index (χ0n) is 14.3. The van der Waals surface area contributed by atoms with Gasteiger partial charge in [-0.3, -0.25) is 9.89 Å². The second kappa shape index (κ2) is 14.5. The number of hydrogen-bond donors (Lipinski definition) is 2. The van der Waals surface area contributed by atoms with Crippen molar-refractivity contribution in [2.24, 2.45) is 10.9 Å². The Kier molecular flexibility index (Phi) is 14.4. The van der Waals surface area contributed by atoms with Gasteiger partial charge in [-0.25, -0.2) is 0 Å². The molecule has 2 N–H and O–H groups in total. The molecule has 22 heavy (non-hydrogen) atoms. The van der Waals surface area contributed by atoms with Crippen LogP contribution in [-0.2, 0) is 9.47 Å². The summed E-state index contributed by atoms with van der Waals surface area (Å²) in [5, 5.41) is 6.56. The highest BCUT2D eigenvalue weighted by molar-refractivity contribution is 14.0. The topological polar surface area (TPSA) is 58.1 Å². The largest absolute Gasteiger partial charge is 0.379 e. The highest BCUT2D eigenvalue weighted by atomic mass is 127. The number of halogens is 1. The van der Waals surface area contributed by atoms with Gasteiger partial charge in [0, 0.05) is 39.3 Å². The summed E-state index contributed by atoms with van der Waals surface area (Å²) < 4.78 is 10.9. The van der Waals surface area contributed by atoms with Crippen LogP contribution in [0, 0.1) is 5.92 Å². The summed E-state index contributed by atoms with van der Waals surface area (Å²) in [7, 11) is 0. The van der Waals surface area contributed by atoms with E-state index in [1.54, 1.807) is 0 Å². The van der Waals surface area contributed by atoms with Gasteiger partial charge in [0.15, 0.2) is 5.96 Å². The molecule has 6 nitrogen and oxygen atoms in total. The van der Waals surface area contributed by atoms with Crippen LogP contribution in [0.2, 0.25) is 0 Å². The zero-order valence-corrected chi connectivity index (χ0v) is 16.6. The fraction of sp³-hybridized carbons (Fsp3) is 0.933. The molecule has 0 bridgehead atoms. The van der Waals surface area contributed by atoms with Crippen LogP contribution in [0.4, 0.5) is 0 Å². The molecule has 1 rings (SSSR count). The number of nitrogens with one attached hydrogen (secondary N) is 2. The summed E-state index contributed by atoms with van der Waals surface area (Å²) in [5.74, 6) is 1.46. The van der Waals surface area contributed by atoms with Crippen LogP contribution in [0.3, 0.4) is 0 Å². The SMILES string of the molecule is CCNC(=NCCN1CCOCC1)NCCOCC(C)C.I. The summed E-state index contributed by atoms with van der Waals surface area (Å²) >= 11 is 0. The predicted octanol–water partition coefficient (Wildman–Crippen LogP) is 1.16. The number of ether oxygens (including phenoxy) is 2. The summed E-state index contributed by atoms with van der Waals surface area (Å²) in [6, 6.07) is 0. The fourth-order valence-corrected chi connectivity index (χ4v) is 2.03. The van der Waals surface area contributed by atoms with Gasteiger partial charge in [0.05, 0.1) is 26.4 Å². The average Bonchev–Trinajstić information content (AvgIpc) is 2.47. The number of morpholine rings is 1. The van der Waals surface area contributed by atoms with Gasteiger partial charge < -0.3 is 20.1 Å². The molecule has 0 amide bonds. The zero-order chi connectivity index (χ0) is 15.3. The highest BCUT2D eigenvalue weighted by Gasteiger charge is 2.09. The van der Waals surface area contributed by atoms with Crippen molar-refractivity contribution in [2.75, 3.05) is 65.7 Å². The van der Waals surface area contributed by atoms with Gasteiger partial charge in [-0.05, 0) is 12.8 Å². The normalized spacial score (nSPS) is 16.5. The average molecular weight is 428 g/mol. The van der Waals surface area contributed by atoms with Crippen molar-refractivity contribution in [3.8, 4) is 0 Å². The van der Waals surface area contributed by atoms with Crippen molar-refractivity contribution in [3.63, 3.8) is 0 Å². The van der Waals surface area contributed by atoms with Gasteiger partial charge in [0.1, 0.15) is 0 Å². The van der Waals surface area contributed by atoms with E-state index in [1.165, 1.54) is 0 Å².